The van der Waals surface area contributed by atoms with Crippen molar-refractivity contribution in [3.63, 3.8) is 0 Å². The van der Waals surface area contributed by atoms with Gasteiger partial charge in [-0.2, -0.15) is 0 Å². The second kappa shape index (κ2) is 7.92. The molecule has 1 N–H and O–H groups in total. The fourth-order valence-corrected chi connectivity index (χ4v) is 2.40. The molecule has 6 heteroatoms. The van der Waals surface area contributed by atoms with Crippen LogP contribution in [-0.4, -0.2) is 38.5 Å². The van der Waals surface area contributed by atoms with E-state index >= 15 is 0 Å². The highest BCUT2D eigenvalue weighted by atomic mass is 16.7. The van der Waals surface area contributed by atoms with Crippen LogP contribution in [0.4, 0.5) is 0 Å². The Morgan fingerprint density at radius 3 is 2.00 bits per heavy atom. The Balaban J connectivity index is 2.59. The number of methoxy groups -OCH3 is 4. The maximum Gasteiger partial charge on any atom is 0.183 e. The Labute approximate surface area is 135 Å². The van der Waals surface area contributed by atoms with Crippen LogP contribution in [-0.2, 0) is 9.47 Å². The molecule has 124 valence electrons. The third kappa shape index (κ3) is 3.61. The van der Waals surface area contributed by atoms with Gasteiger partial charge in [-0.1, -0.05) is 6.07 Å². The van der Waals surface area contributed by atoms with Crippen molar-refractivity contribution in [2.75, 3.05) is 28.4 Å². The molecule has 2 rings (SSSR count). The van der Waals surface area contributed by atoms with Gasteiger partial charge in [-0.25, -0.2) is 0 Å². The smallest absolute Gasteiger partial charge is 0.183 e. The van der Waals surface area contributed by atoms with Crippen LogP contribution in [0.25, 0.3) is 0 Å². The zero-order valence-corrected chi connectivity index (χ0v) is 13.6. The number of ether oxygens (including phenoxy) is 4. The van der Waals surface area contributed by atoms with Crippen molar-refractivity contribution >= 4 is 0 Å². The summed E-state index contributed by atoms with van der Waals surface area (Å²) in [5.74, 6) is 1.03. The highest BCUT2D eigenvalue weighted by Gasteiger charge is 2.24. The predicted octanol–water partition coefficient (Wildman–Crippen LogP) is 2.47. The molecule has 1 aromatic heterocycles. The molecule has 0 aliphatic carbocycles. The first-order valence-corrected chi connectivity index (χ1v) is 7.06. The van der Waals surface area contributed by atoms with Gasteiger partial charge in [0.25, 0.3) is 0 Å². The Kier molecular flexibility index (Phi) is 5.92. The molecule has 0 saturated carbocycles. The van der Waals surface area contributed by atoms with Gasteiger partial charge in [-0.05, 0) is 29.8 Å². The summed E-state index contributed by atoms with van der Waals surface area (Å²) in [6, 6.07) is 8.80. The van der Waals surface area contributed by atoms with Gasteiger partial charge in [0.1, 0.15) is 6.10 Å². The predicted molar refractivity (Wildman–Crippen MR) is 84.6 cm³/mol. The van der Waals surface area contributed by atoms with Crippen molar-refractivity contribution in [2.45, 2.75) is 12.4 Å². The molecule has 2 aromatic rings. The summed E-state index contributed by atoms with van der Waals surface area (Å²) in [6.07, 6.45) is 0.0327. The average Bonchev–Trinajstić information content (AvgIpc) is 2.62. The minimum atomic E-state index is -0.946. The Bertz CT molecular complexity index is 628. The lowest BCUT2D eigenvalue weighted by atomic mass is 9.98. The van der Waals surface area contributed by atoms with E-state index in [1.807, 2.05) is 6.07 Å². The zero-order valence-electron chi connectivity index (χ0n) is 13.6. The second-order valence-corrected chi connectivity index (χ2v) is 4.80. The molecule has 6 nitrogen and oxygen atoms in total. The van der Waals surface area contributed by atoms with Crippen molar-refractivity contribution in [1.82, 2.24) is 4.98 Å². The molecular weight excluding hydrogens is 298 g/mol. The standard InChI is InChI=1S/C17H21NO5/c1-20-14-9-11(16(19)13-7-5-6-8-18-13)12(10-15(14)21-2)17(22-3)23-4/h5-10,16-17,19H,1-4H3. The summed E-state index contributed by atoms with van der Waals surface area (Å²) in [5.41, 5.74) is 1.74. The molecule has 0 fully saturated rings. The third-order valence-corrected chi connectivity index (χ3v) is 3.53. The van der Waals surface area contributed by atoms with E-state index in [9.17, 15) is 5.11 Å². The molecule has 0 amide bonds. The lowest BCUT2D eigenvalue weighted by Crippen LogP contribution is -2.12. The van der Waals surface area contributed by atoms with Gasteiger partial charge >= 0.3 is 0 Å². The molecule has 0 radical (unpaired) electrons. The van der Waals surface area contributed by atoms with Gasteiger partial charge < -0.3 is 24.1 Å². The van der Waals surface area contributed by atoms with Crippen molar-refractivity contribution in [2.24, 2.45) is 0 Å². The first-order valence-electron chi connectivity index (χ1n) is 7.06. The minimum Gasteiger partial charge on any atom is -0.493 e. The number of aliphatic hydroxyl groups is 1. The summed E-state index contributed by atoms with van der Waals surface area (Å²) in [7, 11) is 6.15. The molecule has 0 aliphatic rings. The first-order chi connectivity index (χ1) is 11.2. The quantitative estimate of drug-likeness (QED) is 0.791. The third-order valence-electron chi connectivity index (χ3n) is 3.53. The van der Waals surface area contributed by atoms with E-state index in [1.54, 1.807) is 44.7 Å². The number of rotatable bonds is 7. The maximum atomic E-state index is 10.7. The maximum absolute atomic E-state index is 10.7. The molecule has 0 bridgehead atoms. The Hall–Kier alpha value is -2.15. The number of benzene rings is 1. The largest absolute Gasteiger partial charge is 0.493 e. The van der Waals surface area contributed by atoms with Crippen LogP contribution in [0, 0.1) is 0 Å². The van der Waals surface area contributed by atoms with Crippen LogP contribution in [0.15, 0.2) is 36.5 Å². The van der Waals surface area contributed by atoms with E-state index in [0.717, 1.165) is 0 Å². The zero-order chi connectivity index (χ0) is 16.8. The van der Waals surface area contributed by atoms with E-state index in [4.69, 9.17) is 18.9 Å². The van der Waals surface area contributed by atoms with Gasteiger partial charge in [0, 0.05) is 26.0 Å². The second-order valence-electron chi connectivity index (χ2n) is 4.80. The number of nitrogens with zero attached hydrogens (tertiary/aromatic N) is 1. The van der Waals surface area contributed by atoms with Crippen LogP contribution < -0.4 is 9.47 Å². The molecule has 1 aromatic carbocycles. The number of hydrogen-bond acceptors (Lipinski definition) is 6. The van der Waals surface area contributed by atoms with Crippen LogP contribution in [0.2, 0.25) is 0 Å². The minimum absolute atomic E-state index is 0.507. The van der Waals surface area contributed by atoms with Gasteiger partial charge in [0.15, 0.2) is 17.8 Å². The lowest BCUT2D eigenvalue weighted by molar-refractivity contribution is -0.107. The average molecular weight is 319 g/mol. The molecule has 1 atom stereocenters. The van der Waals surface area contributed by atoms with E-state index in [-0.39, 0.29) is 0 Å². The molecule has 23 heavy (non-hydrogen) atoms. The number of aromatic nitrogens is 1. The number of hydrogen-bond donors (Lipinski definition) is 1. The van der Waals surface area contributed by atoms with Crippen LogP contribution in [0.5, 0.6) is 11.5 Å². The lowest BCUT2D eigenvalue weighted by Gasteiger charge is -2.22. The molecule has 0 aliphatic heterocycles. The van der Waals surface area contributed by atoms with Crippen LogP contribution in [0.3, 0.4) is 0 Å². The van der Waals surface area contributed by atoms with Crippen molar-refractivity contribution in [3.8, 4) is 11.5 Å². The van der Waals surface area contributed by atoms with Gasteiger partial charge in [0.2, 0.25) is 0 Å². The Morgan fingerprint density at radius 1 is 0.913 bits per heavy atom. The fraction of sp³-hybridized carbons (Fsp3) is 0.353. The molecule has 0 saturated heterocycles. The van der Waals surface area contributed by atoms with E-state index < -0.39 is 12.4 Å². The van der Waals surface area contributed by atoms with Crippen molar-refractivity contribution < 1.29 is 24.1 Å². The molecular formula is C17H21NO5. The summed E-state index contributed by atoms with van der Waals surface area (Å²) in [4.78, 5) is 4.20. The van der Waals surface area contributed by atoms with Crippen molar-refractivity contribution in [3.05, 3.63) is 53.3 Å². The number of aliphatic hydroxyl groups excluding tert-OH is 1. The van der Waals surface area contributed by atoms with E-state index in [1.165, 1.54) is 14.2 Å². The highest BCUT2D eigenvalue weighted by molar-refractivity contribution is 5.50. The normalized spacial score (nSPS) is 12.3. The van der Waals surface area contributed by atoms with E-state index in [0.29, 0.717) is 28.3 Å². The van der Waals surface area contributed by atoms with Gasteiger partial charge in [-0.15, -0.1) is 0 Å². The molecule has 1 heterocycles. The Morgan fingerprint density at radius 2 is 1.52 bits per heavy atom. The van der Waals surface area contributed by atoms with Crippen LogP contribution in [0.1, 0.15) is 29.2 Å². The highest BCUT2D eigenvalue weighted by Crippen LogP contribution is 2.38. The topological polar surface area (TPSA) is 70.0 Å². The SMILES string of the molecule is COc1cc(C(OC)OC)c(C(O)c2ccccn2)cc1OC. The molecule has 0 spiro atoms. The molecule has 1 unspecified atom stereocenters. The summed E-state index contributed by atoms with van der Waals surface area (Å²) in [6.45, 7) is 0. The van der Waals surface area contributed by atoms with Gasteiger partial charge in [-0.3, -0.25) is 4.98 Å². The summed E-state index contributed by atoms with van der Waals surface area (Å²) < 4.78 is 21.3. The van der Waals surface area contributed by atoms with Crippen molar-refractivity contribution in [1.29, 1.82) is 0 Å². The fourth-order valence-electron chi connectivity index (χ4n) is 2.40. The van der Waals surface area contributed by atoms with E-state index in [2.05, 4.69) is 4.98 Å². The monoisotopic (exact) mass is 319 g/mol. The van der Waals surface area contributed by atoms with Crippen LogP contribution >= 0.6 is 0 Å². The first kappa shape index (κ1) is 17.2. The number of pyridine rings is 1. The summed E-state index contributed by atoms with van der Waals surface area (Å²) in [5, 5.41) is 10.7. The van der Waals surface area contributed by atoms with Gasteiger partial charge in [0.05, 0.1) is 19.9 Å². The summed E-state index contributed by atoms with van der Waals surface area (Å²) >= 11 is 0.